The van der Waals surface area contributed by atoms with Gasteiger partial charge in [-0.3, -0.25) is 24.7 Å². The number of carbonyl (C=O) groups excluding carboxylic acids is 1. The number of halogens is 1. The van der Waals surface area contributed by atoms with Crippen molar-refractivity contribution in [1.29, 1.82) is 0 Å². The zero-order valence-corrected chi connectivity index (χ0v) is 42.3. The number of benzene rings is 3. The van der Waals surface area contributed by atoms with Crippen LogP contribution >= 0.6 is 0 Å². The molecule has 18 heteroatoms. The van der Waals surface area contributed by atoms with E-state index in [-0.39, 0.29) is 57.6 Å². The summed E-state index contributed by atoms with van der Waals surface area (Å²) in [4.78, 5) is 40.0. The van der Waals surface area contributed by atoms with E-state index < -0.39 is 42.9 Å². The normalized spacial score (nSPS) is 23.5. The van der Waals surface area contributed by atoms with Gasteiger partial charge in [0.1, 0.15) is 29.5 Å². The number of nitro benzene ring substituents is 1. The molecule has 3 aliphatic heterocycles. The molecule has 0 unspecified atom stereocenters. The Balaban J connectivity index is 0.884. The van der Waals surface area contributed by atoms with Crippen molar-refractivity contribution < 1.29 is 37.1 Å². The fourth-order valence-electron chi connectivity index (χ4n) is 11.8. The number of aliphatic hydroxyl groups is 1. The van der Waals surface area contributed by atoms with Crippen molar-refractivity contribution in [3.63, 3.8) is 0 Å². The van der Waals surface area contributed by atoms with Crippen LogP contribution < -0.4 is 24.4 Å². The van der Waals surface area contributed by atoms with Gasteiger partial charge >= 0.3 is 0 Å². The number of nitro groups is 1. The van der Waals surface area contributed by atoms with Gasteiger partial charge in [0.15, 0.2) is 5.75 Å². The number of carbonyl (C=O) groups is 1. The Labute approximate surface area is 420 Å². The van der Waals surface area contributed by atoms with Crippen LogP contribution in [0, 0.1) is 27.3 Å². The van der Waals surface area contributed by atoms with Gasteiger partial charge in [-0.1, -0.05) is 44.5 Å². The summed E-state index contributed by atoms with van der Waals surface area (Å²) in [6.07, 6.45) is 10.6. The molecule has 5 aliphatic rings. The third kappa shape index (κ3) is 10.5. The minimum atomic E-state index is -4.67. The Bertz CT molecular complexity index is 2920. The summed E-state index contributed by atoms with van der Waals surface area (Å²) in [6, 6.07) is 19.4. The van der Waals surface area contributed by atoms with Gasteiger partial charge in [0.25, 0.3) is 27.5 Å². The van der Waals surface area contributed by atoms with E-state index in [1.165, 1.54) is 60.9 Å². The van der Waals surface area contributed by atoms with Crippen molar-refractivity contribution >= 4 is 44.0 Å². The zero-order chi connectivity index (χ0) is 50.4. The van der Waals surface area contributed by atoms with Gasteiger partial charge in [0, 0.05) is 75.4 Å². The molecule has 1 amide bonds. The predicted molar refractivity (Wildman–Crippen MR) is 274 cm³/mol. The molecule has 0 bridgehead atoms. The minimum Gasteiger partial charge on any atom is -0.474 e. The standard InChI is InChI=1S/C54H67FN8O8S/c1-35(2)39-8-4-5-9-40(39)41-10-6-11-46(41)62-33-54(34-62)20-24-61(25-21-54)37-12-14-42(48(28-37)71-49-30-43-44(55)32-57-50(43)58-52(49)70-27-26-60-22-7-23-60)51(64)59-72(68,69)38-13-15-45(47(29-38)63(66)67)56-31-36-16-18-53(3,65)19-17-36/h4-5,8-9,12-15,28-30,32,35-36,41,46,56,65H,6-7,10-11,16-27,31,33-34H2,1-3H3,(H,57,58)(H,59,64)/t36-,41-,46-,53-/m1/s1. The van der Waals surface area contributed by atoms with Crippen LogP contribution in [0.4, 0.5) is 21.5 Å². The first-order valence-corrected chi connectivity index (χ1v) is 27.3. The first-order chi connectivity index (χ1) is 34.5. The molecule has 2 saturated carbocycles. The quantitative estimate of drug-likeness (QED) is 0.0509. The van der Waals surface area contributed by atoms with E-state index in [2.05, 4.69) is 72.8 Å². The van der Waals surface area contributed by atoms with Gasteiger partial charge < -0.3 is 29.8 Å². The third-order valence-corrected chi connectivity index (χ3v) is 17.6. The fourth-order valence-corrected chi connectivity index (χ4v) is 12.8. The van der Waals surface area contributed by atoms with Crippen molar-refractivity contribution in [2.45, 2.75) is 113 Å². The van der Waals surface area contributed by atoms with Crippen LogP contribution in [0.25, 0.3) is 11.0 Å². The molecule has 10 rings (SSSR count). The van der Waals surface area contributed by atoms with E-state index in [1.807, 2.05) is 0 Å². The van der Waals surface area contributed by atoms with E-state index in [9.17, 15) is 28.4 Å². The number of pyridine rings is 1. The van der Waals surface area contributed by atoms with E-state index >= 15 is 4.39 Å². The van der Waals surface area contributed by atoms with Gasteiger partial charge in [-0.25, -0.2) is 17.5 Å². The molecular formula is C54H67FN8O8S. The van der Waals surface area contributed by atoms with Gasteiger partial charge in [-0.2, -0.15) is 4.98 Å². The van der Waals surface area contributed by atoms with Crippen LogP contribution in [0.3, 0.4) is 0 Å². The van der Waals surface area contributed by atoms with Crippen LogP contribution in [0.15, 0.2) is 77.8 Å². The molecule has 1 spiro atoms. The smallest absolute Gasteiger partial charge is 0.293 e. The summed E-state index contributed by atoms with van der Waals surface area (Å²) in [6.45, 7) is 13.3. The number of anilines is 2. The highest BCUT2D eigenvalue weighted by atomic mass is 32.2. The second-order valence-electron chi connectivity index (χ2n) is 21.6. The maximum absolute atomic E-state index is 15.1. The zero-order valence-electron chi connectivity index (χ0n) is 41.5. The summed E-state index contributed by atoms with van der Waals surface area (Å²) in [5.41, 5.74) is 2.99. The van der Waals surface area contributed by atoms with Crippen molar-refractivity contribution in [2.75, 3.05) is 69.2 Å². The lowest BCUT2D eigenvalue weighted by atomic mass is 9.70. The van der Waals surface area contributed by atoms with E-state index in [4.69, 9.17) is 9.47 Å². The van der Waals surface area contributed by atoms with Crippen LogP contribution in [0.2, 0.25) is 0 Å². The number of hydrogen-bond donors (Lipinski definition) is 4. The molecule has 2 aliphatic carbocycles. The fraction of sp³-hybridized carbons (Fsp3) is 0.519. The summed E-state index contributed by atoms with van der Waals surface area (Å²) >= 11 is 0. The monoisotopic (exact) mass is 1010 g/mol. The van der Waals surface area contributed by atoms with Gasteiger partial charge in [-0.05, 0) is 136 Å². The minimum absolute atomic E-state index is 0.0105. The van der Waals surface area contributed by atoms with E-state index in [1.54, 1.807) is 19.1 Å². The van der Waals surface area contributed by atoms with Crippen LogP contribution in [-0.2, 0) is 10.0 Å². The lowest BCUT2D eigenvalue weighted by Gasteiger charge is -2.57. The number of aromatic amines is 1. The lowest BCUT2D eigenvalue weighted by molar-refractivity contribution is -0.384. The maximum Gasteiger partial charge on any atom is 0.293 e. The van der Waals surface area contributed by atoms with Crippen molar-refractivity contribution in [2.24, 2.45) is 11.3 Å². The number of nitrogens with one attached hydrogen (secondary N) is 3. The summed E-state index contributed by atoms with van der Waals surface area (Å²) in [5.74, 6) is -0.315. The second-order valence-corrected chi connectivity index (χ2v) is 23.3. The number of nitrogens with zero attached hydrogens (tertiary/aromatic N) is 5. The van der Waals surface area contributed by atoms with E-state index in [0.717, 1.165) is 83.1 Å². The van der Waals surface area contributed by atoms with Crippen LogP contribution in [-0.4, -0.2) is 115 Å². The number of aromatic nitrogens is 2. The van der Waals surface area contributed by atoms with Gasteiger partial charge in [0.2, 0.25) is 0 Å². The third-order valence-electron chi connectivity index (χ3n) is 16.3. The Morgan fingerprint density at radius 2 is 1.74 bits per heavy atom. The molecule has 16 nitrogen and oxygen atoms in total. The molecule has 0 radical (unpaired) electrons. The Hall–Kier alpha value is -5.82. The average Bonchev–Trinajstić information content (AvgIpc) is 3.97. The molecule has 5 heterocycles. The number of H-pyrrole nitrogens is 1. The second kappa shape index (κ2) is 20.2. The number of likely N-dealkylation sites (tertiary alicyclic amines) is 2. The molecule has 4 N–H and O–H groups in total. The first-order valence-electron chi connectivity index (χ1n) is 25.8. The molecule has 5 aromatic rings. The Morgan fingerprint density at radius 3 is 2.46 bits per heavy atom. The highest BCUT2D eigenvalue weighted by molar-refractivity contribution is 7.90. The SMILES string of the molecule is CC(C)c1ccccc1[C@H]1CCC[C@H]1N1CC2(CCN(c3ccc(C(=O)NS(=O)(=O)c4ccc(NC[C@H]5CC[C@](C)(O)CC5)c([N+](=O)[O-])c4)c(Oc4cc5c(F)c[nH]c5nc4OCCN4CCC4)c3)CC2)C1. The Morgan fingerprint density at radius 1 is 0.972 bits per heavy atom. The van der Waals surface area contributed by atoms with Crippen molar-refractivity contribution in [3.05, 3.63) is 106 Å². The lowest BCUT2D eigenvalue weighted by Crippen LogP contribution is -2.63. The Kier molecular flexibility index (Phi) is 14.0. The largest absolute Gasteiger partial charge is 0.474 e. The topological polar surface area (TPSA) is 195 Å². The highest BCUT2D eigenvalue weighted by Gasteiger charge is 2.49. The number of ether oxygens (including phenoxy) is 2. The van der Waals surface area contributed by atoms with E-state index in [0.29, 0.717) is 43.8 Å². The van der Waals surface area contributed by atoms with Crippen LogP contribution in [0.1, 0.15) is 118 Å². The summed E-state index contributed by atoms with van der Waals surface area (Å²) in [7, 11) is -4.67. The molecule has 3 aromatic carbocycles. The molecule has 5 fully saturated rings. The molecule has 2 aromatic heterocycles. The van der Waals surface area contributed by atoms with Crippen molar-refractivity contribution in [1.82, 2.24) is 24.5 Å². The number of rotatable bonds is 17. The van der Waals surface area contributed by atoms with Gasteiger partial charge in [0.05, 0.1) is 26.4 Å². The predicted octanol–water partition coefficient (Wildman–Crippen LogP) is 9.32. The number of piperidine rings is 1. The molecule has 3 saturated heterocycles. The summed E-state index contributed by atoms with van der Waals surface area (Å²) < 4.78 is 57.8. The molecule has 72 heavy (non-hydrogen) atoms. The molecular weight excluding hydrogens is 940 g/mol. The highest BCUT2D eigenvalue weighted by Crippen LogP contribution is 2.49. The number of sulfonamides is 1. The first kappa shape index (κ1) is 49.7. The maximum atomic E-state index is 15.1. The summed E-state index contributed by atoms with van der Waals surface area (Å²) in [5, 5.41) is 25.9. The number of hydrogen-bond acceptors (Lipinski definition) is 13. The average molecular weight is 1010 g/mol. The molecule has 384 valence electrons. The number of fused-ring (bicyclic) bond motifs is 1. The van der Waals surface area contributed by atoms with Gasteiger partial charge in [-0.15, -0.1) is 0 Å². The molecule has 2 atom stereocenters. The van der Waals surface area contributed by atoms with Crippen molar-refractivity contribution in [3.8, 4) is 17.4 Å². The van der Waals surface area contributed by atoms with Crippen LogP contribution in [0.5, 0.6) is 17.4 Å². The number of amides is 1.